The highest BCUT2D eigenvalue weighted by atomic mass is 16.6. The third-order valence-corrected chi connectivity index (χ3v) is 2.93. The monoisotopic (exact) mass is 241 g/mol. The van der Waals surface area contributed by atoms with Gasteiger partial charge in [-0.1, -0.05) is 13.8 Å². The van der Waals surface area contributed by atoms with Gasteiger partial charge in [0.1, 0.15) is 5.60 Å². The minimum Gasteiger partial charge on any atom is -0.444 e. The van der Waals surface area contributed by atoms with E-state index in [1.54, 1.807) is 0 Å². The summed E-state index contributed by atoms with van der Waals surface area (Å²) < 4.78 is 5.26. The molecule has 0 aromatic carbocycles. The van der Waals surface area contributed by atoms with E-state index in [1.165, 1.54) is 4.90 Å². The molecule has 1 saturated heterocycles. The van der Waals surface area contributed by atoms with Gasteiger partial charge in [0.2, 0.25) is 0 Å². The summed E-state index contributed by atoms with van der Waals surface area (Å²) in [6.45, 7) is 10.4. The second-order valence-corrected chi connectivity index (χ2v) is 6.01. The van der Waals surface area contributed by atoms with E-state index in [4.69, 9.17) is 4.74 Å². The summed E-state index contributed by atoms with van der Waals surface area (Å²) >= 11 is 0. The first kappa shape index (κ1) is 14.0. The molecule has 0 saturated carbocycles. The van der Waals surface area contributed by atoms with Gasteiger partial charge in [0.05, 0.1) is 6.54 Å². The number of hydrogen-bond acceptors (Lipinski definition) is 3. The van der Waals surface area contributed by atoms with Crippen LogP contribution in [0.15, 0.2) is 0 Å². The van der Waals surface area contributed by atoms with Crippen molar-refractivity contribution >= 4 is 11.9 Å². The molecule has 1 heterocycles. The van der Waals surface area contributed by atoms with Crippen molar-refractivity contribution in [2.24, 2.45) is 11.8 Å². The van der Waals surface area contributed by atoms with Crippen molar-refractivity contribution in [3.05, 3.63) is 0 Å². The number of carbonyl (C=O) groups is 2. The Morgan fingerprint density at radius 1 is 1.41 bits per heavy atom. The molecule has 1 unspecified atom stereocenters. The smallest absolute Gasteiger partial charge is 0.410 e. The SMILES string of the molecule is CC(C)C1CCN(C(=O)OC(C)(C)C)CC1=O. The molecule has 17 heavy (non-hydrogen) atoms. The number of Topliss-reactive ketones (excluding diaryl/α,β-unsaturated/α-hetero) is 1. The molecule has 0 aromatic heterocycles. The maximum Gasteiger partial charge on any atom is 0.410 e. The predicted molar refractivity (Wildman–Crippen MR) is 65.8 cm³/mol. The minimum atomic E-state index is -0.505. The number of nitrogens with zero attached hydrogens (tertiary/aromatic N) is 1. The van der Waals surface area contributed by atoms with Crippen LogP contribution in [0.3, 0.4) is 0 Å². The minimum absolute atomic E-state index is 0.0914. The fourth-order valence-electron chi connectivity index (χ4n) is 2.03. The first-order valence-corrected chi connectivity index (χ1v) is 6.21. The normalized spacial score (nSPS) is 21.9. The second kappa shape index (κ2) is 5.07. The maximum absolute atomic E-state index is 11.9. The molecule has 1 fully saturated rings. The topological polar surface area (TPSA) is 46.6 Å². The zero-order valence-electron chi connectivity index (χ0n) is 11.4. The Bertz CT molecular complexity index is 304. The van der Waals surface area contributed by atoms with Crippen LogP contribution in [0.4, 0.5) is 4.79 Å². The Morgan fingerprint density at radius 2 is 2.00 bits per heavy atom. The largest absolute Gasteiger partial charge is 0.444 e. The van der Waals surface area contributed by atoms with Gasteiger partial charge in [0, 0.05) is 12.5 Å². The fraction of sp³-hybridized carbons (Fsp3) is 0.846. The number of amides is 1. The highest BCUT2D eigenvalue weighted by molar-refractivity contribution is 5.87. The van der Waals surface area contributed by atoms with Gasteiger partial charge in [-0.3, -0.25) is 4.79 Å². The first-order chi connectivity index (χ1) is 7.70. The van der Waals surface area contributed by atoms with Crippen molar-refractivity contribution < 1.29 is 14.3 Å². The van der Waals surface area contributed by atoms with Crippen LogP contribution < -0.4 is 0 Å². The van der Waals surface area contributed by atoms with Crippen LogP contribution in [-0.2, 0) is 9.53 Å². The molecule has 1 aliphatic heterocycles. The molecular formula is C13H23NO3. The van der Waals surface area contributed by atoms with Gasteiger partial charge in [-0.05, 0) is 33.1 Å². The van der Waals surface area contributed by atoms with Gasteiger partial charge in [-0.2, -0.15) is 0 Å². The van der Waals surface area contributed by atoms with Crippen LogP contribution in [0.25, 0.3) is 0 Å². The molecular weight excluding hydrogens is 218 g/mol. The standard InChI is InChI=1S/C13H23NO3/c1-9(2)10-6-7-14(8-11(10)15)12(16)17-13(3,4)5/h9-10H,6-8H2,1-5H3. The van der Waals surface area contributed by atoms with E-state index >= 15 is 0 Å². The molecule has 0 bridgehead atoms. The summed E-state index contributed by atoms with van der Waals surface area (Å²) in [5.74, 6) is 0.592. The maximum atomic E-state index is 11.9. The summed E-state index contributed by atoms with van der Waals surface area (Å²) in [4.78, 5) is 25.2. The van der Waals surface area contributed by atoms with Crippen LogP contribution in [0.1, 0.15) is 41.0 Å². The zero-order valence-corrected chi connectivity index (χ0v) is 11.4. The Kier molecular flexibility index (Phi) is 4.17. The number of carbonyl (C=O) groups excluding carboxylic acids is 2. The summed E-state index contributed by atoms with van der Waals surface area (Å²) in [7, 11) is 0. The second-order valence-electron chi connectivity index (χ2n) is 6.01. The summed E-state index contributed by atoms with van der Waals surface area (Å²) in [5, 5.41) is 0. The molecule has 1 aliphatic rings. The summed E-state index contributed by atoms with van der Waals surface area (Å²) in [6, 6.07) is 0. The van der Waals surface area contributed by atoms with Crippen molar-refractivity contribution in [2.45, 2.75) is 46.6 Å². The fourth-order valence-corrected chi connectivity index (χ4v) is 2.03. The molecule has 0 radical (unpaired) electrons. The lowest BCUT2D eigenvalue weighted by Crippen LogP contribution is -2.47. The van der Waals surface area contributed by atoms with E-state index in [0.29, 0.717) is 12.5 Å². The van der Waals surface area contributed by atoms with Crippen molar-refractivity contribution in [3.63, 3.8) is 0 Å². The molecule has 0 aromatic rings. The van der Waals surface area contributed by atoms with Gasteiger partial charge < -0.3 is 9.64 Å². The molecule has 4 heteroatoms. The van der Waals surface area contributed by atoms with Gasteiger partial charge in [0.25, 0.3) is 0 Å². The third-order valence-electron chi connectivity index (χ3n) is 2.93. The summed E-state index contributed by atoms with van der Waals surface area (Å²) in [5.41, 5.74) is -0.505. The Morgan fingerprint density at radius 3 is 2.41 bits per heavy atom. The van der Waals surface area contributed by atoms with Gasteiger partial charge in [-0.15, -0.1) is 0 Å². The van der Waals surface area contributed by atoms with Crippen LogP contribution >= 0.6 is 0 Å². The highest BCUT2D eigenvalue weighted by Crippen LogP contribution is 2.23. The Labute approximate surface area is 103 Å². The van der Waals surface area contributed by atoms with Crippen molar-refractivity contribution in [1.82, 2.24) is 4.90 Å². The quantitative estimate of drug-likeness (QED) is 0.708. The van der Waals surface area contributed by atoms with Crippen molar-refractivity contribution in [1.29, 1.82) is 0 Å². The number of rotatable bonds is 1. The van der Waals surface area contributed by atoms with Crippen LogP contribution in [0, 0.1) is 11.8 Å². The van der Waals surface area contributed by atoms with E-state index in [0.717, 1.165) is 6.42 Å². The molecule has 0 N–H and O–H groups in total. The van der Waals surface area contributed by atoms with Crippen molar-refractivity contribution in [2.75, 3.05) is 13.1 Å². The van der Waals surface area contributed by atoms with Crippen LogP contribution in [0.2, 0.25) is 0 Å². The summed E-state index contributed by atoms with van der Waals surface area (Å²) in [6.07, 6.45) is 0.364. The zero-order chi connectivity index (χ0) is 13.2. The average molecular weight is 241 g/mol. The predicted octanol–water partition coefficient (Wildman–Crippen LogP) is 2.47. The number of hydrogen-bond donors (Lipinski definition) is 0. The number of piperidine rings is 1. The molecule has 0 spiro atoms. The molecule has 1 rings (SSSR count). The number of ether oxygens (including phenoxy) is 1. The van der Waals surface area contributed by atoms with E-state index in [9.17, 15) is 9.59 Å². The molecule has 98 valence electrons. The molecule has 1 amide bonds. The Hall–Kier alpha value is -1.06. The van der Waals surface area contributed by atoms with Gasteiger partial charge in [0.15, 0.2) is 5.78 Å². The van der Waals surface area contributed by atoms with E-state index in [2.05, 4.69) is 0 Å². The lowest BCUT2D eigenvalue weighted by Gasteiger charge is -2.33. The molecule has 0 aliphatic carbocycles. The van der Waals surface area contributed by atoms with Crippen molar-refractivity contribution in [3.8, 4) is 0 Å². The Balaban J connectivity index is 2.55. The van der Waals surface area contributed by atoms with Gasteiger partial charge in [-0.25, -0.2) is 4.79 Å². The highest BCUT2D eigenvalue weighted by Gasteiger charge is 2.33. The number of likely N-dealkylation sites (tertiary alicyclic amines) is 1. The molecule has 1 atom stereocenters. The van der Waals surface area contributed by atoms with Crippen LogP contribution in [0.5, 0.6) is 0 Å². The van der Waals surface area contributed by atoms with E-state index < -0.39 is 5.60 Å². The third kappa shape index (κ3) is 4.02. The number of ketones is 1. The average Bonchev–Trinajstić information content (AvgIpc) is 2.14. The first-order valence-electron chi connectivity index (χ1n) is 6.21. The van der Waals surface area contributed by atoms with E-state index in [1.807, 2.05) is 34.6 Å². The van der Waals surface area contributed by atoms with Gasteiger partial charge >= 0.3 is 6.09 Å². The van der Waals surface area contributed by atoms with Crippen LogP contribution in [-0.4, -0.2) is 35.5 Å². The molecule has 4 nitrogen and oxygen atoms in total. The lowest BCUT2D eigenvalue weighted by molar-refractivity contribution is -0.128. The lowest BCUT2D eigenvalue weighted by atomic mass is 9.86. The van der Waals surface area contributed by atoms with E-state index in [-0.39, 0.29) is 24.3 Å².